The van der Waals surface area contributed by atoms with Crippen molar-refractivity contribution in [2.24, 2.45) is 0 Å². The van der Waals surface area contributed by atoms with E-state index < -0.39 is 0 Å². The third-order valence-corrected chi connectivity index (χ3v) is 4.66. The van der Waals surface area contributed by atoms with E-state index in [0.717, 1.165) is 5.56 Å². The van der Waals surface area contributed by atoms with Gasteiger partial charge in [0.05, 0.1) is 5.56 Å². The number of nitrogens with one attached hydrogen (secondary N) is 2. The zero-order valence-electron chi connectivity index (χ0n) is 15.4. The zero-order valence-corrected chi connectivity index (χ0v) is 15.4. The first-order chi connectivity index (χ1) is 13.6. The third kappa shape index (κ3) is 3.57. The minimum Gasteiger partial charge on any atom is -0.335 e. The molecule has 1 aliphatic heterocycles. The largest absolute Gasteiger partial charge is 0.335 e. The highest BCUT2D eigenvalue weighted by Gasteiger charge is 2.30. The van der Waals surface area contributed by atoms with E-state index in [1.54, 1.807) is 29.2 Å². The molecule has 8 heteroatoms. The van der Waals surface area contributed by atoms with E-state index in [9.17, 15) is 9.59 Å². The number of pyridine rings is 1. The quantitative estimate of drug-likeness (QED) is 0.712. The molecule has 0 fully saturated rings. The second-order valence-electron chi connectivity index (χ2n) is 6.55. The number of rotatable bonds is 5. The average Bonchev–Trinajstić information content (AvgIpc) is 3.24. The summed E-state index contributed by atoms with van der Waals surface area (Å²) in [5, 5.41) is 9.94. The van der Waals surface area contributed by atoms with E-state index in [0.29, 0.717) is 30.0 Å². The van der Waals surface area contributed by atoms with E-state index in [2.05, 4.69) is 20.7 Å². The number of aryl methyl sites for hydroxylation is 1. The molecule has 0 bridgehead atoms. The summed E-state index contributed by atoms with van der Waals surface area (Å²) in [6.45, 7) is 0.530. The summed E-state index contributed by atoms with van der Waals surface area (Å²) in [6, 6.07) is 12.8. The van der Waals surface area contributed by atoms with Crippen molar-refractivity contribution >= 4 is 23.3 Å². The molecule has 8 nitrogen and oxygen atoms in total. The molecular weight excluding hydrogens is 356 g/mol. The lowest BCUT2D eigenvalue weighted by molar-refractivity contribution is -0.116. The predicted molar refractivity (Wildman–Crippen MR) is 105 cm³/mol. The number of fused-ring (bicyclic) bond motifs is 1. The van der Waals surface area contributed by atoms with Crippen molar-refractivity contribution in [1.29, 1.82) is 0 Å². The van der Waals surface area contributed by atoms with Crippen molar-refractivity contribution in [3.8, 4) is 0 Å². The Morgan fingerprint density at radius 2 is 2.00 bits per heavy atom. The summed E-state index contributed by atoms with van der Waals surface area (Å²) in [4.78, 5) is 30.7. The van der Waals surface area contributed by atoms with Gasteiger partial charge in [-0.2, -0.15) is 5.10 Å². The van der Waals surface area contributed by atoms with Crippen LogP contribution in [0.5, 0.6) is 0 Å². The molecular formula is C20H20N6O2. The van der Waals surface area contributed by atoms with Gasteiger partial charge in [0.25, 0.3) is 5.91 Å². The Kier molecular flexibility index (Phi) is 4.76. The summed E-state index contributed by atoms with van der Waals surface area (Å²) < 4.78 is 1.72. The minimum absolute atomic E-state index is 0.0792. The normalized spacial score (nSPS) is 15.7. The second-order valence-corrected chi connectivity index (χ2v) is 6.55. The van der Waals surface area contributed by atoms with E-state index in [1.165, 1.54) is 0 Å². The monoisotopic (exact) mass is 376 g/mol. The van der Waals surface area contributed by atoms with Gasteiger partial charge in [0.2, 0.25) is 5.91 Å². The number of nitrogens with zero attached hydrogens (tertiary/aromatic N) is 4. The molecule has 2 amide bonds. The van der Waals surface area contributed by atoms with Gasteiger partial charge in [-0.3, -0.25) is 14.3 Å². The zero-order chi connectivity index (χ0) is 19.5. The molecule has 1 aliphatic rings. The SMILES string of the molecule is CN1c2ncccc2C(=O)N[C@@H]1c1ccc(NC(=O)CCn2cccn2)cc1. The number of benzene rings is 1. The highest BCUT2D eigenvalue weighted by molar-refractivity contribution is 6.01. The maximum absolute atomic E-state index is 12.4. The number of aromatic nitrogens is 3. The van der Waals surface area contributed by atoms with Crippen molar-refractivity contribution < 1.29 is 9.59 Å². The summed E-state index contributed by atoms with van der Waals surface area (Å²) in [5.41, 5.74) is 2.17. The van der Waals surface area contributed by atoms with Crippen molar-refractivity contribution in [3.05, 3.63) is 72.2 Å². The first-order valence-electron chi connectivity index (χ1n) is 8.98. The van der Waals surface area contributed by atoms with Crippen LogP contribution < -0.4 is 15.5 Å². The van der Waals surface area contributed by atoms with Crippen LogP contribution >= 0.6 is 0 Å². The Morgan fingerprint density at radius 3 is 2.75 bits per heavy atom. The Bertz CT molecular complexity index is 984. The van der Waals surface area contributed by atoms with Gasteiger partial charge in [0, 0.05) is 44.3 Å². The third-order valence-electron chi connectivity index (χ3n) is 4.66. The molecule has 0 saturated heterocycles. The van der Waals surface area contributed by atoms with Crippen molar-refractivity contribution in [2.45, 2.75) is 19.1 Å². The molecule has 0 saturated carbocycles. The Hall–Kier alpha value is -3.68. The van der Waals surface area contributed by atoms with Crippen molar-refractivity contribution in [2.75, 3.05) is 17.3 Å². The predicted octanol–water partition coefficient (Wildman–Crippen LogP) is 2.19. The van der Waals surface area contributed by atoms with Crippen LogP contribution in [0.25, 0.3) is 0 Å². The summed E-state index contributed by atoms with van der Waals surface area (Å²) in [6.07, 6.45) is 5.20. The second kappa shape index (κ2) is 7.51. The smallest absolute Gasteiger partial charge is 0.256 e. The topological polar surface area (TPSA) is 92.2 Å². The highest BCUT2D eigenvalue weighted by Crippen LogP contribution is 2.30. The summed E-state index contributed by atoms with van der Waals surface area (Å²) in [7, 11) is 1.89. The number of carbonyl (C=O) groups excluding carboxylic acids is 2. The molecule has 0 spiro atoms. The summed E-state index contributed by atoms with van der Waals surface area (Å²) >= 11 is 0. The van der Waals surface area contributed by atoms with Crippen LogP contribution in [-0.4, -0.2) is 33.6 Å². The molecule has 142 valence electrons. The lowest BCUT2D eigenvalue weighted by Gasteiger charge is -2.35. The number of amides is 2. The van der Waals surface area contributed by atoms with E-state index in [1.807, 2.05) is 48.5 Å². The van der Waals surface area contributed by atoms with Gasteiger partial charge in [0.1, 0.15) is 12.0 Å². The van der Waals surface area contributed by atoms with Gasteiger partial charge >= 0.3 is 0 Å². The summed E-state index contributed by atoms with van der Waals surface area (Å²) in [5.74, 6) is 0.416. The maximum atomic E-state index is 12.4. The molecule has 2 aromatic heterocycles. The average molecular weight is 376 g/mol. The van der Waals surface area contributed by atoms with E-state index in [4.69, 9.17) is 0 Å². The van der Waals surface area contributed by atoms with Gasteiger partial charge in [-0.1, -0.05) is 12.1 Å². The molecule has 2 N–H and O–H groups in total. The van der Waals surface area contributed by atoms with Gasteiger partial charge < -0.3 is 15.5 Å². The molecule has 3 heterocycles. The molecule has 3 aromatic rings. The lowest BCUT2D eigenvalue weighted by atomic mass is 10.1. The van der Waals surface area contributed by atoms with Crippen molar-refractivity contribution in [1.82, 2.24) is 20.1 Å². The Morgan fingerprint density at radius 1 is 1.18 bits per heavy atom. The molecule has 0 unspecified atom stereocenters. The fraction of sp³-hybridized carbons (Fsp3) is 0.200. The highest BCUT2D eigenvalue weighted by atomic mass is 16.2. The van der Waals surface area contributed by atoms with Gasteiger partial charge in [-0.25, -0.2) is 4.98 Å². The number of anilines is 2. The molecule has 28 heavy (non-hydrogen) atoms. The van der Waals surface area contributed by atoms with E-state index >= 15 is 0 Å². The molecule has 0 radical (unpaired) electrons. The fourth-order valence-electron chi connectivity index (χ4n) is 3.20. The number of hydrogen-bond donors (Lipinski definition) is 2. The van der Waals surface area contributed by atoms with E-state index in [-0.39, 0.29) is 18.0 Å². The van der Waals surface area contributed by atoms with Crippen LogP contribution in [0.2, 0.25) is 0 Å². The maximum Gasteiger partial charge on any atom is 0.256 e. The minimum atomic E-state index is -0.320. The Balaban J connectivity index is 1.42. The van der Waals surface area contributed by atoms with Crippen molar-refractivity contribution in [3.63, 3.8) is 0 Å². The number of carbonyl (C=O) groups is 2. The standard InChI is InChI=1S/C20H20N6O2/c1-25-18(24-20(28)16-4-2-10-21-19(16)25)14-5-7-15(8-6-14)23-17(27)9-13-26-12-3-11-22-26/h2-8,10-12,18H,9,13H2,1H3,(H,23,27)(H,24,28)/t18-/m0/s1. The number of hydrogen-bond acceptors (Lipinski definition) is 5. The van der Waals surface area contributed by atoms with Crippen LogP contribution in [0.1, 0.15) is 28.5 Å². The van der Waals surface area contributed by atoms with Crippen LogP contribution in [0.3, 0.4) is 0 Å². The fourth-order valence-corrected chi connectivity index (χ4v) is 3.20. The van der Waals surface area contributed by atoms with Crippen LogP contribution in [-0.2, 0) is 11.3 Å². The van der Waals surface area contributed by atoms with Gasteiger partial charge in [0.15, 0.2) is 0 Å². The Labute approximate surface area is 162 Å². The first kappa shape index (κ1) is 17.7. The lowest BCUT2D eigenvalue weighted by Crippen LogP contribution is -2.45. The first-order valence-corrected chi connectivity index (χ1v) is 8.98. The molecule has 1 atom stereocenters. The molecule has 4 rings (SSSR count). The van der Waals surface area contributed by atoms with Crippen LogP contribution in [0, 0.1) is 0 Å². The van der Waals surface area contributed by atoms with Gasteiger partial charge in [-0.05, 0) is 35.9 Å². The molecule has 1 aromatic carbocycles. The van der Waals surface area contributed by atoms with Crippen LogP contribution in [0.4, 0.5) is 11.5 Å². The van der Waals surface area contributed by atoms with Crippen LogP contribution in [0.15, 0.2) is 61.1 Å². The van der Waals surface area contributed by atoms with Gasteiger partial charge in [-0.15, -0.1) is 0 Å². The molecule has 0 aliphatic carbocycles.